The Balaban J connectivity index is 3.31. The van der Waals surface area contributed by atoms with Crippen molar-refractivity contribution in [2.45, 2.75) is 26.7 Å². The summed E-state index contributed by atoms with van der Waals surface area (Å²) >= 11 is 0. The van der Waals surface area contributed by atoms with Gasteiger partial charge in [0.2, 0.25) is 11.8 Å². The fourth-order valence-corrected chi connectivity index (χ4v) is 2.06. The van der Waals surface area contributed by atoms with Gasteiger partial charge in [-0.3, -0.25) is 9.59 Å². The van der Waals surface area contributed by atoms with Crippen molar-refractivity contribution in [3.05, 3.63) is 11.9 Å². The fourth-order valence-electron chi connectivity index (χ4n) is 2.06. The lowest BCUT2D eigenvalue weighted by atomic mass is 10.0. The van der Waals surface area contributed by atoms with Crippen molar-refractivity contribution in [3.8, 4) is 0 Å². The lowest BCUT2D eigenvalue weighted by Gasteiger charge is -2.25. The second kappa shape index (κ2) is 7.41. The molecule has 21 heavy (non-hydrogen) atoms. The average Bonchev–Trinajstić information content (AvgIpc) is 2.36. The molecule has 116 valence electrons. The van der Waals surface area contributed by atoms with Crippen LogP contribution in [0.15, 0.2) is 6.33 Å². The summed E-state index contributed by atoms with van der Waals surface area (Å²) in [5.74, 6) is 0.146. The SMILES string of the molecule is CCNc1ncnc(N(CC(N)=O)CC(N)=O)c1C(C)C. The van der Waals surface area contributed by atoms with Crippen LogP contribution in [-0.2, 0) is 9.59 Å². The molecule has 0 aliphatic heterocycles. The summed E-state index contributed by atoms with van der Waals surface area (Å²) in [5, 5.41) is 3.15. The third kappa shape index (κ3) is 4.59. The Morgan fingerprint density at radius 1 is 1.24 bits per heavy atom. The van der Waals surface area contributed by atoms with Gasteiger partial charge in [-0.25, -0.2) is 9.97 Å². The number of rotatable bonds is 8. The molecule has 1 rings (SSSR count). The third-order valence-corrected chi connectivity index (χ3v) is 2.78. The van der Waals surface area contributed by atoms with Crippen molar-refractivity contribution >= 4 is 23.5 Å². The smallest absolute Gasteiger partial charge is 0.237 e. The summed E-state index contributed by atoms with van der Waals surface area (Å²) in [6.07, 6.45) is 1.38. The molecule has 8 nitrogen and oxygen atoms in total. The van der Waals surface area contributed by atoms with Gasteiger partial charge in [-0.1, -0.05) is 13.8 Å². The van der Waals surface area contributed by atoms with Crippen LogP contribution in [0.4, 0.5) is 11.6 Å². The lowest BCUT2D eigenvalue weighted by molar-refractivity contribution is -0.117. The maximum absolute atomic E-state index is 11.2. The molecule has 0 spiro atoms. The standard InChI is InChI=1S/C13H22N6O2/c1-4-16-12-11(8(2)3)13(18-7-17-12)19(5-9(14)20)6-10(15)21/h7-8H,4-6H2,1-3H3,(H2,14,20)(H2,15,21)(H,16,17,18). The number of anilines is 2. The van der Waals surface area contributed by atoms with Gasteiger partial charge >= 0.3 is 0 Å². The Kier molecular flexibility index (Phi) is 5.89. The Morgan fingerprint density at radius 3 is 2.24 bits per heavy atom. The molecule has 1 aromatic rings. The highest BCUT2D eigenvalue weighted by Crippen LogP contribution is 2.30. The van der Waals surface area contributed by atoms with Gasteiger partial charge in [0.15, 0.2) is 0 Å². The molecule has 8 heteroatoms. The second-order valence-corrected chi connectivity index (χ2v) is 4.93. The first-order valence-electron chi connectivity index (χ1n) is 6.77. The first-order valence-corrected chi connectivity index (χ1v) is 6.77. The number of nitrogens with zero attached hydrogens (tertiary/aromatic N) is 3. The van der Waals surface area contributed by atoms with Crippen LogP contribution in [0, 0.1) is 0 Å². The number of aromatic nitrogens is 2. The molecule has 0 saturated carbocycles. The molecule has 0 bridgehead atoms. The molecule has 0 aliphatic carbocycles. The van der Waals surface area contributed by atoms with E-state index in [1.54, 1.807) is 0 Å². The zero-order chi connectivity index (χ0) is 16.0. The van der Waals surface area contributed by atoms with Gasteiger partial charge < -0.3 is 21.7 Å². The number of hydrogen-bond acceptors (Lipinski definition) is 6. The minimum Gasteiger partial charge on any atom is -0.370 e. The van der Waals surface area contributed by atoms with E-state index in [0.29, 0.717) is 18.2 Å². The monoisotopic (exact) mass is 294 g/mol. The number of carbonyl (C=O) groups is 2. The first-order chi connectivity index (χ1) is 9.86. The summed E-state index contributed by atoms with van der Waals surface area (Å²) in [4.78, 5) is 32.3. The highest BCUT2D eigenvalue weighted by atomic mass is 16.2. The summed E-state index contributed by atoms with van der Waals surface area (Å²) < 4.78 is 0. The van der Waals surface area contributed by atoms with E-state index < -0.39 is 11.8 Å². The second-order valence-electron chi connectivity index (χ2n) is 4.93. The minimum atomic E-state index is -0.561. The average molecular weight is 294 g/mol. The van der Waals surface area contributed by atoms with Crippen molar-refractivity contribution in [2.75, 3.05) is 29.9 Å². The normalized spacial score (nSPS) is 10.5. The Labute approximate surface area is 123 Å². The molecule has 2 amide bonds. The molecule has 0 atom stereocenters. The molecule has 0 unspecified atom stereocenters. The number of primary amides is 2. The summed E-state index contributed by atoms with van der Waals surface area (Å²) in [6, 6.07) is 0. The molecule has 0 radical (unpaired) electrons. The van der Waals surface area contributed by atoms with E-state index in [4.69, 9.17) is 11.5 Å². The number of carbonyl (C=O) groups excluding carboxylic acids is 2. The molecule has 0 saturated heterocycles. The maximum Gasteiger partial charge on any atom is 0.237 e. The van der Waals surface area contributed by atoms with Crippen LogP contribution in [0.3, 0.4) is 0 Å². The van der Waals surface area contributed by atoms with E-state index in [1.807, 2.05) is 20.8 Å². The molecule has 5 N–H and O–H groups in total. The zero-order valence-corrected chi connectivity index (χ0v) is 12.6. The quantitative estimate of drug-likeness (QED) is 0.609. The van der Waals surface area contributed by atoms with Crippen LogP contribution in [0.1, 0.15) is 32.3 Å². The summed E-state index contributed by atoms with van der Waals surface area (Å²) in [6.45, 7) is 6.35. The first kappa shape index (κ1) is 16.7. The van der Waals surface area contributed by atoms with Gasteiger partial charge in [0.25, 0.3) is 0 Å². The fraction of sp³-hybridized carbons (Fsp3) is 0.538. The maximum atomic E-state index is 11.2. The molecular weight excluding hydrogens is 272 g/mol. The van der Waals surface area contributed by atoms with E-state index in [9.17, 15) is 9.59 Å². The number of nitrogens with two attached hydrogens (primary N) is 2. The Bertz CT molecular complexity index is 501. The van der Waals surface area contributed by atoms with Crippen molar-refractivity contribution in [3.63, 3.8) is 0 Å². The van der Waals surface area contributed by atoms with Crippen molar-refractivity contribution in [1.82, 2.24) is 9.97 Å². The minimum absolute atomic E-state index is 0.0958. The third-order valence-electron chi connectivity index (χ3n) is 2.78. The van der Waals surface area contributed by atoms with Gasteiger partial charge in [-0.15, -0.1) is 0 Å². The van der Waals surface area contributed by atoms with E-state index in [0.717, 1.165) is 5.56 Å². The highest BCUT2D eigenvalue weighted by molar-refractivity contribution is 5.85. The van der Waals surface area contributed by atoms with E-state index in [-0.39, 0.29) is 19.0 Å². The van der Waals surface area contributed by atoms with Gasteiger partial charge in [0.1, 0.15) is 18.0 Å². The Hall–Kier alpha value is -2.38. The van der Waals surface area contributed by atoms with E-state index in [1.165, 1.54) is 11.2 Å². The predicted octanol–water partition coefficient (Wildman–Crippen LogP) is -0.191. The molecule has 0 aliphatic rings. The number of nitrogens with one attached hydrogen (secondary N) is 1. The van der Waals surface area contributed by atoms with Crippen LogP contribution in [0.2, 0.25) is 0 Å². The number of amides is 2. The van der Waals surface area contributed by atoms with Crippen molar-refractivity contribution in [1.29, 1.82) is 0 Å². The number of hydrogen-bond donors (Lipinski definition) is 3. The van der Waals surface area contributed by atoms with Gasteiger partial charge in [0, 0.05) is 12.1 Å². The summed E-state index contributed by atoms with van der Waals surface area (Å²) in [5.41, 5.74) is 11.3. The zero-order valence-electron chi connectivity index (χ0n) is 12.6. The Morgan fingerprint density at radius 2 is 1.81 bits per heavy atom. The van der Waals surface area contributed by atoms with Crippen LogP contribution in [0.5, 0.6) is 0 Å². The van der Waals surface area contributed by atoms with Crippen LogP contribution >= 0.6 is 0 Å². The lowest BCUT2D eigenvalue weighted by Crippen LogP contribution is -2.40. The topological polar surface area (TPSA) is 127 Å². The van der Waals surface area contributed by atoms with Crippen LogP contribution in [-0.4, -0.2) is 41.4 Å². The van der Waals surface area contributed by atoms with Crippen molar-refractivity contribution in [2.24, 2.45) is 11.5 Å². The molecule has 1 aromatic heterocycles. The van der Waals surface area contributed by atoms with Crippen molar-refractivity contribution < 1.29 is 9.59 Å². The highest BCUT2D eigenvalue weighted by Gasteiger charge is 2.22. The van der Waals surface area contributed by atoms with Gasteiger partial charge in [-0.05, 0) is 12.8 Å². The van der Waals surface area contributed by atoms with Gasteiger partial charge in [-0.2, -0.15) is 0 Å². The largest absolute Gasteiger partial charge is 0.370 e. The molecule has 0 fully saturated rings. The van der Waals surface area contributed by atoms with E-state index >= 15 is 0 Å². The molecular formula is C13H22N6O2. The summed E-state index contributed by atoms with van der Waals surface area (Å²) in [7, 11) is 0. The predicted molar refractivity (Wildman–Crippen MR) is 80.9 cm³/mol. The van der Waals surface area contributed by atoms with Crippen LogP contribution < -0.4 is 21.7 Å². The van der Waals surface area contributed by atoms with E-state index in [2.05, 4.69) is 15.3 Å². The van der Waals surface area contributed by atoms with Crippen LogP contribution in [0.25, 0.3) is 0 Å². The molecule has 0 aromatic carbocycles. The van der Waals surface area contributed by atoms with Gasteiger partial charge in [0.05, 0.1) is 13.1 Å². The molecule has 1 heterocycles.